The van der Waals surface area contributed by atoms with E-state index in [1.54, 1.807) is 0 Å². The van der Waals surface area contributed by atoms with Crippen molar-refractivity contribution in [3.63, 3.8) is 0 Å². The van der Waals surface area contributed by atoms with Crippen LogP contribution in [-0.2, 0) is 9.98 Å². The van der Waals surface area contributed by atoms with Gasteiger partial charge in [0.25, 0.3) is 0 Å². The largest absolute Gasteiger partial charge is 0.309 e. The van der Waals surface area contributed by atoms with Gasteiger partial charge in [-0.3, -0.25) is 0 Å². The molecular formula is C53H34N3OP. The average Bonchev–Trinajstić information content (AvgIpc) is 3.80. The van der Waals surface area contributed by atoms with Crippen molar-refractivity contribution in [2.45, 2.75) is 5.41 Å². The smallest absolute Gasteiger partial charge is 0.171 e. The molecule has 0 N–H and O–H groups in total. The number of hydrogen-bond donors (Lipinski definition) is 0. The summed E-state index contributed by atoms with van der Waals surface area (Å²) >= 11 is 0. The van der Waals surface area contributed by atoms with Crippen molar-refractivity contribution in [1.29, 1.82) is 0 Å². The third kappa shape index (κ3) is 4.38. The maximum absolute atomic E-state index is 15.3. The lowest BCUT2D eigenvalue weighted by Gasteiger charge is -2.38. The highest BCUT2D eigenvalue weighted by molar-refractivity contribution is 7.85. The third-order valence-corrected chi connectivity index (χ3v) is 15.4. The van der Waals surface area contributed by atoms with Crippen LogP contribution in [0.1, 0.15) is 22.4 Å². The molecule has 2 aliphatic rings. The van der Waals surface area contributed by atoms with Gasteiger partial charge in [0.05, 0.1) is 33.5 Å². The Balaban J connectivity index is 1.16. The van der Waals surface area contributed by atoms with Gasteiger partial charge in [0.2, 0.25) is 0 Å². The van der Waals surface area contributed by atoms with E-state index in [1.807, 2.05) is 84.9 Å². The van der Waals surface area contributed by atoms with Gasteiger partial charge in [-0.2, -0.15) is 0 Å². The first-order chi connectivity index (χ1) is 28.7. The molecule has 0 amide bonds. The van der Waals surface area contributed by atoms with E-state index < -0.39 is 12.6 Å². The summed E-state index contributed by atoms with van der Waals surface area (Å²) in [5.41, 5.74) is 12.3. The van der Waals surface area contributed by atoms with E-state index in [9.17, 15) is 0 Å². The molecule has 3 heterocycles. The van der Waals surface area contributed by atoms with Crippen LogP contribution < -0.4 is 15.9 Å². The fourth-order valence-corrected chi connectivity index (χ4v) is 12.5. The highest BCUT2D eigenvalue weighted by Gasteiger charge is 2.53. The molecule has 5 heteroatoms. The third-order valence-electron chi connectivity index (χ3n) is 12.3. The summed E-state index contributed by atoms with van der Waals surface area (Å²) in [5.74, 6) is 0.626. The van der Waals surface area contributed by atoms with E-state index in [4.69, 9.17) is 9.97 Å². The molecule has 1 atom stereocenters. The minimum absolute atomic E-state index is 0.626. The quantitative estimate of drug-likeness (QED) is 0.164. The van der Waals surface area contributed by atoms with Crippen LogP contribution in [0.3, 0.4) is 0 Å². The second-order valence-corrected chi connectivity index (χ2v) is 17.9. The molecule has 0 fully saturated rings. The molecule has 0 radical (unpaired) electrons. The van der Waals surface area contributed by atoms with Crippen molar-refractivity contribution >= 4 is 44.9 Å². The van der Waals surface area contributed by atoms with Gasteiger partial charge in [-0.05, 0) is 34.4 Å². The van der Waals surface area contributed by atoms with Crippen LogP contribution in [0.5, 0.6) is 0 Å². The summed E-state index contributed by atoms with van der Waals surface area (Å²) in [5, 5.41) is 4.83. The molecule has 0 bridgehead atoms. The van der Waals surface area contributed by atoms with Gasteiger partial charge in [-0.1, -0.05) is 194 Å². The Bertz CT molecular complexity index is 3260. The van der Waals surface area contributed by atoms with E-state index in [0.717, 1.165) is 55.2 Å². The fourth-order valence-electron chi connectivity index (χ4n) is 9.87. The summed E-state index contributed by atoms with van der Waals surface area (Å²) in [6.45, 7) is 0. The van der Waals surface area contributed by atoms with Crippen molar-refractivity contribution in [2.24, 2.45) is 0 Å². The lowest BCUT2D eigenvalue weighted by atomic mass is 9.67. The Hall–Kier alpha value is -7.13. The van der Waals surface area contributed by atoms with E-state index in [2.05, 4.69) is 126 Å². The monoisotopic (exact) mass is 759 g/mol. The SMILES string of the molecule is O=P(c1ccccc1)(c1ccccc1)c1ccc(-c2nc(-c3ccccc3)c3c(n2)C2(c4ccccc4-3)c3ccccc3-n3c4ccccc4c4cccc2c43)cc1. The number of rotatable bonds is 5. The molecule has 10 aromatic rings. The number of para-hydroxylation sites is 3. The van der Waals surface area contributed by atoms with Gasteiger partial charge in [-0.15, -0.1) is 0 Å². The summed E-state index contributed by atoms with van der Waals surface area (Å²) < 4.78 is 17.8. The second kappa shape index (κ2) is 12.4. The zero-order valence-corrected chi connectivity index (χ0v) is 32.2. The van der Waals surface area contributed by atoms with Crippen LogP contribution in [0, 0.1) is 0 Å². The Morgan fingerprint density at radius 1 is 0.448 bits per heavy atom. The van der Waals surface area contributed by atoms with Gasteiger partial charge >= 0.3 is 0 Å². The van der Waals surface area contributed by atoms with Crippen molar-refractivity contribution in [3.05, 3.63) is 229 Å². The standard InChI is InChI=1S/C53H34N3OP/c57-58(37-19-6-2-7-20-37,38-21-8-3-9-22-38)39-33-31-36(32-34-39)52-54-49(35-17-4-1-5-18-35)48-42-24-10-12-26-43(42)53(51(48)55-52)44-27-13-15-30-47(44)56-46-29-14-11-23-40(46)41-25-16-28-45(53)50(41)56/h1-34H. The molecule has 1 aliphatic carbocycles. The number of nitrogens with zero attached hydrogens (tertiary/aromatic N) is 3. The van der Waals surface area contributed by atoms with Crippen LogP contribution >= 0.6 is 7.14 Å². The van der Waals surface area contributed by atoms with Gasteiger partial charge in [0, 0.05) is 43.4 Å². The van der Waals surface area contributed by atoms with Gasteiger partial charge in [-0.25, -0.2) is 9.97 Å². The molecule has 4 nitrogen and oxygen atoms in total. The molecule has 0 saturated carbocycles. The van der Waals surface area contributed by atoms with E-state index in [0.29, 0.717) is 5.82 Å². The molecule has 1 unspecified atom stereocenters. The predicted octanol–water partition coefficient (Wildman–Crippen LogP) is 11.2. The van der Waals surface area contributed by atoms with Crippen molar-refractivity contribution in [2.75, 3.05) is 0 Å². The van der Waals surface area contributed by atoms with E-state index in [1.165, 1.54) is 38.5 Å². The number of aromatic nitrogens is 3. The lowest BCUT2D eigenvalue weighted by Crippen LogP contribution is -2.34. The highest BCUT2D eigenvalue weighted by atomic mass is 31.2. The zero-order valence-electron chi connectivity index (χ0n) is 31.3. The minimum Gasteiger partial charge on any atom is -0.309 e. The molecule has 8 aromatic carbocycles. The Morgan fingerprint density at radius 2 is 1.02 bits per heavy atom. The van der Waals surface area contributed by atoms with Crippen molar-refractivity contribution in [3.8, 4) is 39.5 Å². The van der Waals surface area contributed by atoms with Crippen molar-refractivity contribution < 1.29 is 4.57 Å². The fraction of sp³-hybridized carbons (Fsp3) is 0.0189. The molecule has 58 heavy (non-hydrogen) atoms. The summed E-state index contributed by atoms with van der Waals surface area (Å²) in [7, 11) is -3.17. The molecule has 1 aliphatic heterocycles. The number of benzene rings is 8. The Kier molecular flexibility index (Phi) is 7.09. The first-order valence-electron chi connectivity index (χ1n) is 19.7. The predicted molar refractivity (Wildman–Crippen MR) is 237 cm³/mol. The van der Waals surface area contributed by atoms with Crippen LogP contribution in [-0.4, -0.2) is 14.5 Å². The lowest BCUT2D eigenvalue weighted by molar-refractivity contribution is 0.592. The Labute approximate surface area is 336 Å². The summed E-state index contributed by atoms with van der Waals surface area (Å²) in [4.78, 5) is 11.2. The summed E-state index contributed by atoms with van der Waals surface area (Å²) in [6.07, 6.45) is 0. The molecule has 0 saturated heterocycles. The zero-order chi connectivity index (χ0) is 38.4. The van der Waals surface area contributed by atoms with Gasteiger partial charge in [0.15, 0.2) is 13.0 Å². The van der Waals surface area contributed by atoms with Crippen LogP contribution in [0.2, 0.25) is 0 Å². The van der Waals surface area contributed by atoms with Crippen LogP contribution in [0.4, 0.5) is 0 Å². The van der Waals surface area contributed by atoms with E-state index in [-0.39, 0.29) is 0 Å². The summed E-state index contributed by atoms with van der Waals surface area (Å²) in [6, 6.07) is 71.4. The van der Waals surface area contributed by atoms with Gasteiger partial charge in [0.1, 0.15) is 0 Å². The Morgan fingerprint density at radius 3 is 1.76 bits per heavy atom. The number of hydrogen-bond acceptors (Lipinski definition) is 3. The molecular weight excluding hydrogens is 726 g/mol. The normalized spacial score (nSPS) is 15.0. The second-order valence-electron chi connectivity index (χ2n) is 15.2. The molecule has 272 valence electrons. The van der Waals surface area contributed by atoms with Gasteiger partial charge < -0.3 is 9.13 Å². The van der Waals surface area contributed by atoms with Crippen molar-refractivity contribution in [1.82, 2.24) is 14.5 Å². The first-order valence-corrected chi connectivity index (χ1v) is 21.4. The highest BCUT2D eigenvalue weighted by Crippen LogP contribution is 2.62. The van der Waals surface area contributed by atoms with E-state index >= 15 is 4.57 Å². The minimum atomic E-state index is -3.17. The average molecular weight is 760 g/mol. The maximum atomic E-state index is 15.3. The molecule has 1 spiro atoms. The first kappa shape index (κ1) is 33.1. The maximum Gasteiger partial charge on any atom is 0.171 e. The molecule has 12 rings (SSSR count). The van der Waals surface area contributed by atoms with Crippen LogP contribution in [0.15, 0.2) is 206 Å². The number of fused-ring (bicyclic) bond motifs is 12. The molecule has 2 aromatic heterocycles. The van der Waals surface area contributed by atoms with Crippen LogP contribution in [0.25, 0.3) is 61.3 Å². The topological polar surface area (TPSA) is 47.8 Å².